The number of alkyl halides is 6. The zero-order chi connectivity index (χ0) is 22.8. The first-order chi connectivity index (χ1) is 14.4. The Kier molecular flexibility index (Phi) is 6.23. The number of nitrogens with one attached hydrogen (secondary N) is 1. The molecule has 0 aliphatic carbocycles. The summed E-state index contributed by atoms with van der Waals surface area (Å²) in [6.45, 7) is 0.00279. The summed E-state index contributed by atoms with van der Waals surface area (Å²) in [7, 11) is 0. The van der Waals surface area contributed by atoms with Gasteiger partial charge in [-0.1, -0.05) is 0 Å². The number of hydrogen-bond acceptors (Lipinski definition) is 3. The van der Waals surface area contributed by atoms with E-state index in [4.69, 9.17) is 0 Å². The lowest BCUT2D eigenvalue weighted by Gasteiger charge is -2.32. The largest absolute Gasteiger partial charge is 0.416 e. The number of carbonyl (C=O) groups excluding carboxylic acids is 2. The van der Waals surface area contributed by atoms with Crippen molar-refractivity contribution in [2.24, 2.45) is 5.92 Å². The van der Waals surface area contributed by atoms with Crippen molar-refractivity contribution in [3.63, 3.8) is 0 Å². The Hall–Kier alpha value is -3.11. The highest BCUT2D eigenvalue weighted by atomic mass is 19.4. The van der Waals surface area contributed by atoms with Crippen LogP contribution < -0.4 is 5.32 Å². The van der Waals surface area contributed by atoms with Crippen molar-refractivity contribution in [3.8, 4) is 0 Å². The Labute approximate surface area is 173 Å². The first-order valence-corrected chi connectivity index (χ1v) is 9.25. The van der Waals surface area contributed by atoms with Gasteiger partial charge in [-0.3, -0.25) is 14.6 Å². The molecule has 1 N–H and O–H groups in total. The van der Waals surface area contributed by atoms with Crippen LogP contribution in [0.4, 0.5) is 32.0 Å². The van der Waals surface area contributed by atoms with E-state index in [1.54, 1.807) is 12.1 Å². The summed E-state index contributed by atoms with van der Waals surface area (Å²) in [5, 5.41) is 2.65. The van der Waals surface area contributed by atoms with Crippen LogP contribution in [0.5, 0.6) is 0 Å². The Morgan fingerprint density at radius 1 is 0.968 bits per heavy atom. The fraction of sp³-hybridized carbons (Fsp3) is 0.350. The molecule has 2 heterocycles. The fourth-order valence-corrected chi connectivity index (χ4v) is 3.32. The maximum absolute atomic E-state index is 13.1. The van der Waals surface area contributed by atoms with E-state index in [9.17, 15) is 35.9 Å². The van der Waals surface area contributed by atoms with Crippen LogP contribution in [-0.4, -0.2) is 34.8 Å². The lowest BCUT2D eigenvalue weighted by Crippen LogP contribution is -2.43. The zero-order valence-corrected chi connectivity index (χ0v) is 15.9. The smallest absolute Gasteiger partial charge is 0.338 e. The number of benzene rings is 1. The fourth-order valence-electron chi connectivity index (χ4n) is 3.32. The molecule has 0 radical (unpaired) electrons. The first kappa shape index (κ1) is 22.6. The standard InChI is InChI=1S/C20H17F6N3O2/c21-19(22,23)14-8-13(9-15(10-14)20(24,25)26)18(31)29-7-1-2-12(11-29)17(30)28-16-3-5-27-6-4-16/h3-6,8-10,12H,1-2,7,11H2,(H,27,28,30). The normalized spacial score (nSPS) is 17.4. The van der Waals surface area contributed by atoms with Crippen LogP contribution in [0.2, 0.25) is 0 Å². The van der Waals surface area contributed by atoms with E-state index in [0.717, 1.165) is 4.90 Å². The van der Waals surface area contributed by atoms with Crippen LogP contribution >= 0.6 is 0 Å². The molecular formula is C20H17F6N3O2. The Morgan fingerprint density at radius 3 is 2.10 bits per heavy atom. The molecule has 11 heteroatoms. The monoisotopic (exact) mass is 445 g/mol. The summed E-state index contributed by atoms with van der Waals surface area (Å²) in [5.74, 6) is -2.04. The molecule has 1 atom stereocenters. The lowest BCUT2D eigenvalue weighted by atomic mass is 9.95. The molecule has 1 aliphatic heterocycles. The SMILES string of the molecule is O=C(Nc1ccncc1)C1CCCN(C(=O)c2cc(C(F)(F)F)cc(C(F)(F)F)c2)C1. The van der Waals surface area contributed by atoms with Gasteiger partial charge >= 0.3 is 12.4 Å². The molecular weight excluding hydrogens is 428 g/mol. The molecule has 31 heavy (non-hydrogen) atoms. The van der Waals surface area contributed by atoms with Gasteiger partial charge in [0.05, 0.1) is 17.0 Å². The van der Waals surface area contributed by atoms with Crippen molar-refractivity contribution in [2.75, 3.05) is 18.4 Å². The van der Waals surface area contributed by atoms with E-state index >= 15 is 0 Å². The molecule has 1 saturated heterocycles. The molecule has 0 spiro atoms. The van der Waals surface area contributed by atoms with Gasteiger partial charge in [-0.15, -0.1) is 0 Å². The van der Waals surface area contributed by atoms with Crippen molar-refractivity contribution in [1.29, 1.82) is 0 Å². The molecule has 0 saturated carbocycles. The van der Waals surface area contributed by atoms with Crippen LogP contribution in [0.15, 0.2) is 42.7 Å². The number of nitrogens with zero attached hydrogens (tertiary/aromatic N) is 2. The number of carbonyl (C=O) groups is 2. The van der Waals surface area contributed by atoms with Crippen LogP contribution in [0.1, 0.15) is 34.3 Å². The number of likely N-dealkylation sites (tertiary alicyclic amines) is 1. The van der Waals surface area contributed by atoms with Crippen molar-refractivity contribution in [1.82, 2.24) is 9.88 Å². The summed E-state index contributed by atoms with van der Waals surface area (Å²) in [6.07, 6.45) is -6.35. The Balaban J connectivity index is 1.81. The highest BCUT2D eigenvalue weighted by molar-refractivity contribution is 5.96. The van der Waals surface area contributed by atoms with Crippen LogP contribution in [0.25, 0.3) is 0 Å². The van der Waals surface area contributed by atoms with Gasteiger partial charge in [0.1, 0.15) is 0 Å². The van der Waals surface area contributed by atoms with Crippen LogP contribution in [0.3, 0.4) is 0 Å². The van der Waals surface area contributed by atoms with Gasteiger partial charge < -0.3 is 10.2 Å². The summed E-state index contributed by atoms with van der Waals surface area (Å²) in [5.41, 5.74) is -3.36. The second kappa shape index (κ2) is 8.56. The van der Waals surface area contributed by atoms with Gasteiger partial charge in [-0.2, -0.15) is 26.3 Å². The highest BCUT2D eigenvalue weighted by Crippen LogP contribution is 2.36. The van der Waals surface area contributed by atoms with Crippen molar-refractivity contribution < 1.29 is 35.9 Å². The van der Waals surface area contributed by atoms with Crippen molar-refractivity contribution in [2.45, 2.75) is 25.2 Å². The minimum Gasteiger partial charge on any atom is -0.338 e. The number of aromatic nitrogens is 1. The zero-order valence-electron chi connectivity index (χ0n) is 15.9. The number of pyridine rings is 1. The molecule has 1 unspecified atom stereocenters. The summed E-state index contributed by atoms with van der Waals surface area (Å²) in [4.78, 5) is 30.1. The van der Waals surface area contributed by atoms with E-state index < -0.39 is 46.8 Å². The molecule has 0 bridgehead atoms. The lowest BCUT2D eigenvalue weighted by molar-refractivity contribution is -0.143. The average molecular weight is 445 g/mol. The number of piperidine rings is 1. The summed E-state index contributed by atoms with van der Waals surface area (Å²) in [6, 6.07) is 3.89. The van der Waals surface area contributed by atoms with Gasteiger partial charge in [0.15, 0.2) is 0 Å². The number of amides is 2. The predicted molar refractivity (Wildman–Crippen MR) is 97.9 cm³/mol. The van der Waals surface area contributed by atoms with E-state index in [1.807, 2.05) is 0 Å². The molecule has 1 fully saturated rings. The molecule has 3 rings (SSSR count). The van der Waals surface area contributed by atoms with Gasteiger partial charge in [0.2, 0.25) is 5.91 Å². The van der Waals surface area contributed by atoms with Gasteiger partial charge in [0, 0.05) is 36.7 Å². The molecule has 1 aromatic heterocycles. The van der Waals surface area contributed by atoms with E-state index in [-0.39, 0.29) is 19.2 Å². The third-order valence-electron chi connectivity index (χ3n) is 4.86. The second-order valence-electron chi connectivity index (χ2n) is 7.11. The molecule has 5 nitrogen and oxygen atoms in total. The number of rotatable bonds is 3. The molecule has 2 aromatic rings. The molecule has 1 aliphatic rings. The third-order valence-corrected chi connectivity index (χ3v) is 4.86. The first-order valence-electron chi connectivity index (χ1n) is 9.25. The maximum atomic E-state index is 13.1. The van der Waals surface area contributed by atoms with Gasteiger partial charge in [-0.25, -0.2) is 0 Å². The van der Waals surface area contributed by atoms with Crippen molar-refractivity contribution in [3.05, 3.63) is 59.4 Å². The summed E-state index contributed by atoms with van der Waals surface area (Å²) >= 11 is 0. The number of hydrogen-bond donors (Lipinski definition) is 1. The van der Waals surface area contributed by atoms with Gasteiger partial charge in [0.25, 0.3) is 5.91 Å². The van der Waals surface area contributed by atoms with E-state index in [0.29, 0.717) is 30.7 Å². The quantitative estimate of drug-likeness (QED) is 0.702. The highest BCUT2D eigenvalue weighted by Gasteiger charge is 2.38. The van der Waals surface area contributed by atoms with Crippen molar-refractivity contribution >= 4 is 17.5 Å². The Bertz CT molecular complexity index is 927. The second-order valence-corrected chi connectivity index (χ2v) is 7.11. The van der Waals surface area contributed by atoms with Gasteiger partial charge in [-0.05, 0) is 43.2 Å². The minimum absolute atomic E-state index is 0.0298. The average Bonchev–Trinajstić information content (AvgIpc) is 2.72. The van der Waals surface area contributed by atoms with E-state index in [1.165, 1.54) is 12.4 Å². The van der Waals surface area contributed by atoms with Crippen LogP contribution in [0, 0.1) is 5.92 Å². The summed E-state index contributed by atoms with van der Waals surface area (Å²) < 4.78 is 78.4. The Morgan fingerprint density at radius 2 is 1.55 bits per heavy atom. The molecule has 1 aromatic carbocycles. The topological polar surface area (TPSA) is 62.3 Å². The number of halogens is 6. The van der Waals surface area contributed by atoms with Crippen LogP contribution in [-0.2, 0) is 17.1 Å². The van der Waals surface area contributed by atoms with E-state index in [2.05, 4.69) is 10.3 Å². The number of anilines is 1. The predicted octanol–water partition coefficient (Wildman–Crippen LogP) is 4.61. The molecule has 2 amide bonds. The maximum Gasteiger partial charge on any atom is 0.416 e. The molecule has 166 valence electrons. The third kappa shape index (κ3) is 5.53. The minimum atomic E-state index is -5.05.